The zero-order valence-corrected chi connectivity index (χ0v) is 5.47. The summed E-state index contributed by atoms with van der Waals surface area (Å²) >= 11 is 0. The minimum Gasteiger partial charge on any atom is -0.380 e. The van der Waals surface area contributed by atoms with E-state index in [1.807, 2.05) is 5.48 Å². The van der Waals surface area contributed by atoms with Crippen molar-refractivity contribution in [2.24, 2.45) is 5.73 Å². The van der Waals surface area contributed by atoms with Crippen molar-refractivity contribution in [1.29, 1.82) is 0 Å². The topological polar surface area (TPSA) is 67.5 Å². The van der Waals surface area contributed by atoms with Gasteiger partial charge in [0.1, 0.15) is 0 Å². The van der Waals surface area contributed by atoms with Crippen LogP contribution in [-0.2, 0) is 4.74 Å². The Balaban J connectivity index is 2.60. The Labute approximate surface area is 55.0 Å². The fraction of sp³-hybridized carbons (Fsp3) is 1.00. The van der Waals surface area contributed by atoms with Gasteiger partial charge in [-0.25, -0.2) is 5.48 Å². The SMILES string of the molecule is NCCCOCCNO. The molecule has 0 aliphatic carbocycles. The zero-order valence-electron chi connectivity index (χ0n) is 5.47. The van der Waals surface area contributed by atoms with Gasteiger partial charge in [-0.05, 0) is 13.0 Å². The van der Waals surface area contributed by atoms with Crippen LogP contribution >= 0.6 is 0 Å². The Hall–Kier alpha value is -0.160. The third-order valence-electron chi connectivity index (χ3n) is 0.851. The molecular weight excluding hydrogens is 120 g/mol. The largest absolute Gasteiger partial charge is 0.380 e. The molecule has 0 bridgehead atoms. The van der Waals surface area contributed by atoms with Crippen molar-refractivity contribution in [2.45, 2.75) is 6.42 Å². The highest BCUT2D eigenvalue weighted by molar-refractivity contribution is 4.36. The molecule has 0 radical (unpaired) electrons. The van der Waals surface area contributed by atoms with Crippen LogP contribution < -0.4 is 11.2 Å². The second-order valence-corrected chi connectivity index (χ2v) is 1.66. The third-order valence-corrected chi connectivity index (χ3v) is 0.851. The van der Waals surface area contributed by atoms with Gasteiger partial charge in [0.05, 0.1) is 6.61 Å². The van der Waals surface area contributed by atoms with Crippen LogP contribution in [0.25, 0.3) is 0 Å². The third kappa shape index (κ3) is 7.84. The van der Waals surface area contributed by atoms with Crippen molar-refractivity contribution < 1.29 is 9.94 Å². The van der Waals surface area contributed by atoms with E-state index in [2.05, 4.69) is 0 Å². The molecule has 0 fully saturated rings. The average molecular weight is 134 g/mol. The highest BCUT2D eigenvalue weighted by Crippen LogP contribution is 1.76. The molecule has 56 valence electrons. The number of nitrogens with one attached hydrogen (secondary N) is 1. The molecule has 0 saturated heterocycles. The molecule has 4 N–H and O–H groups in total. The Morgan fingerprint density at radius 1 is 1.44 bits per heavy atom. The number of hydrogen-bond donors (Lipinski definition) is 3. The second-order valence-electron chi connectivity index (χ2n) is 1.66. The van der Waals surface area contributed by atoms with E-state index < -0.39 is 0 Å². The van der Waals surface area contributed by atoms with Gasteiger partial charge in [0.15, 0.2) is 0 Å². The van der Waals surface area contributed by atoms with Gasteiger partial charge in [0, 0.05) is 13.2 Å². The first-order valence-electron chi connectivity index (χ1n) is 3.06. The Morgan fingerprint density at radius 2 is 2.22 bits per heavy atom. The van der Waals surface area contributed by atoms with E-state index in [1.165, 1.54) is 0 Å². The fourth-order valence-corrected chi connectivity index (χ4v) is 0.405. The van der Waals surface area contributed by atoms with Gasteiger partial charge in [-0.15, -0.1) is 0 Å². The molecule has 0 unspecified atom stereocenters. The number of hydrogen-bond acceptors (Lipinski definition) is 4. The van der Waals surface area contributed by atoms with Crippen molar-refractivity contribution in [2.75, 3.05) is 26.3 Å². The summed E-state index contributed by atoms with van der Waals surface area (Å²) in [5.74, 6) is 0. The van der Waals surface area contributed by atoms with Gasteiger partial charge in [0.25, 0.3) is 0 Å². The number of ether oxygens (including phenoxy) is 1. The molecule has 9 heavy (non-hydrogen) atoms. The van der Waals surface area contributed by atoms with Crippen molar-refractivity contribution in [3.8, 4) is 0 Å². The van der Waals surface area contributed by atoms with Crippen LogP contribution in [0, 0.1) is 0 Å². The summed E-state index contributed by atoms with van der Waals surface area (Å²) in [6.07, 6.45) is 0.880. The highest BCUT2D eigenvalue weighted by Gasteiger charge is 1.84. The lowest BCUT2D eigenvalue weighted by molar-refractivity contribution is 0.0900. The zero-order chi connectivity index (χ0) is 6.95. The van der Waals surface area contributed by atoms with Crippen molar-refractivity contribution in [1.82, 2.24) is 5.48 Å². The van der Waals surface area contributed by atoms with Crippen LogP contribution in [0.1, 0.15) is 6.42 Å². The lowest BCUT2D eigenvalue weighted by atomic mass is 10.5. The summed E-state index contributed by atoms with van der Waals surface area (Å²) in [5.41, 5.74) is 7.19. The Morgan fingerprint density at radius 3 is 2.78 bits per heavy atom. The number of nitrogens with two attached hydrogens (primary N) is 1. The summed E-state index contributed by atoms with van der Waals surface area (Å²) in [6, 6.07) is 0. The monoisotopic (exact) mass is 134 g/mol. The van der Waals surface area contributed by atoms with E-state index in [0.717, 1.165) is 6.42 Å². The molecule has 0 heterocycles. The molecule has 0 aliphatic heterocycles. The van der Waals surface area contributed by atoms with Crippen LogP contribution in [0.15, 0.2) is 0 Å². The van der Waals surface area contributed by atoms with E-state index in [4.69, 9.17) is 15.7 Å². The van der Waals surface area contributed by atoms with Gasteiger partial charge in [-0.3, -0.25) is 0 Å². The molecule has 0 aromatic carbocycles. The van der Waals surface area contributed by atoms with E-state index in [-0.39, 0.29) is 0 Å². The van der Waals surface area contributed by atoms with E-state index in [0.29, 0.717) is 26.3 Å². The first-order valence-corrected chi connectivity index (χ1v) is 3.06. The molecule has 0 aliphatic rings. The van der Waals surface area contributed by atoms with Gasteiger partial charge in [-0.2, -0.15) is 0 Å². The minimum atomic E-state index is 0.477. The number of rotatable bonds is 6. The van der Waals surface area contributed by atoms with E-state index in [1.54, 1.807) is 0 Å². The summed E-state index contributed by atoms with van der Waals surface area (Å²) in [7, 11) is 0. The Kier molecular flexibility index (Phi) is 7.70. The van der Waals surface area contributed by atoms with E-state index >= 15 is 0 Å². The predicted octanol–water partition coefficient (Wildman–Crippen LogP) is -0.669. The summed E-state index contributed by atoms with van der Waals surface area (Å²) in [6.45, 7) is 2.35. The number of hydroxylamine groups is 1. The molecular formula is C5H14N2O2. The molecule has 0 atom stereocenters. The smallest absolute Gasteiger partial charge is 0.0614 e. The van der Waals surface area contributed by atoms with Crippen molar-refractivity contribution in [3.63, 3.8) is 0 Å². The quantitative estimate of drug-likeness (QED) is 0.333. The van der Waals surface area contributed by atoms with E-state index in [9.17, 15) is 0 Å². The first-order chi connectivity index (χ1) is 4.41. The lowest BCUT2D eigenvalue weighted by Gasteiger charge is -1.99. The Bertz CT molecular complexity index is 46.2. The second kappa shape index (κ2) is 7.84. The van der Waals surface area contributed by atoms with Crippen LogP contribution in [-0.4, -0.2) is 31.5 Å². The maximum absolute atomic E-state index is 8.07. The lowest BCUT2D eigenvalue weighted by Crippen LogP contribution is -2.16. The molecule has 4 heteroatoms. The summed E-state index contributed by atoms with van der Waals surface area (Å²) in [4.78, 5) is 0. The van der Waals surface area contributed by atoms with Crippen molar-refractivity contribution >= 4 is 0 Å². The summed E-state index contributed by atoms with van der Waals surface area (Å²) in [5, 5.41) is 8.07. The molecule has 0 aromatic rings. The molecule has 0 spiro atoms. The predicted molar refractivity (Wildman–Crippen MR) is 34.3 cm³/mol. The minimum absolute atomic E-state index is 0.477. The van der Waals surface area contributed by atoms with Crippen LogP contribution in [0.5, 0.6) is 0 Å². The van der Waals surface area contributed by atoms with Crippen LogP contribution in [0.2, 0.25) is 0 Å². The first kappa shape index (κ1) is 8.84. The molecule has 0 saturated carbocycles. The van der Waals surface area contributed by atoms with Gasteiger partial charge < -0.3 is 15.7 Å². The maximum Gasteiger partial charge on any atom is 0.0614 e. The molecule has 4 nitrogen and oxygen atoms in total. The maximum atomic E-state index is 8.07. The molecule has 0 amide bonds. The van der Waals surface area contributed by atoms with Crippen LogP contribution in [0.4, 0.5) is 0 Å². The fourth-order valence-electron chi connectivity index (χ4n) is 0.405. The van der Waals surface area contributed by atoms with Gasteiger partial charge >= 0.3 is 0 Å². The normalized spacial score (nSPS) is 10.0. The average Bonchev–Trinajstić information content (AvgIpc) is 1.89. The molecule has 0 rings (SSSR count). The van der Waals surface area contributed by atoms with Crippen LogP contribution in [0.3, 0.4) is 0 Å². The van der Waals surface area contributed by atoms with Crippen molar-refractivity contribution in [3.05, 3.63) is 0 Å². The summed E-state index contributed by atoms with van der Waals surface area (Å²) < 4.78 is 5.01. The molecule has 0 aromatic heterocycles. The highest BCUT2D eigenvalue weighted by atomic mass is 16.5. The standard InChI is InChI=1S/C5H14N2O2/c6-2-1-4-9-5-3-7-8/h7-8H,1-6H2. The van der Waals surface area contributed by atoms with Gasteiger partial charge in [0.2, 0.25) is 0 Å². The van der Waals surface area contributed by atoms with Gasteiger partial charge in [-0.1, -0.05) is 0 Å².